The van der Waals surface area contributed by atoms with E-state index in [1.54, 1.807) is 11.1 Å². The van der Waals surface area contributed by atoms with Crippen LogP contribution in [0.4, 0.5) is 0 Å². The molecule has 0 bridgehead atoms. The molecule has 1 heteroatoms. The second kappa shape index (κ2) is 4.14. The van der Waals surface area contributed by atoms with Gasteiger partial charge in [-0.15, -0.1) is 0 Å². The van der Waals surface area contributed by atoms with Gasteiger partial charge in [0.15, 0.2) is 0 Å². The Kier molecular flexibility index (Phi) is 2.87. The summed E-state index contributed by atoms with van der Waals surface area (Å²) in [6.07, 6.45) is 3.74. The Morgan fingerprint density at radius 2 is 1.79 bits per heavy atom. The summed E-state index contributed by atoms with van der Waals surface area (Å²) < 4.78 is 0. The van der Waals surface area contributed by atoms with Gasteiger partial charge < -0.3 is 4.90 Å². The standard InChI is InChI=1S/C13H19N/c1-3-8-14(2)13-9-11-6-4-5-7-12(11)10-13/h4-7,13H,3,8-10H2,1-2H3. The maximum Gasteiger partial charge on any atom is 0.0173 e. The molecule has 76 valence electrons. The van der Waals surface area contributed by atoms with Crippen LogP contribution in [-0.4, -0.2) is 24.5 Å². The monoisotopic (exact) mass is 189 g/mol. The van der Waals surface area contributed by atoms with Crippen molar-refractivity contribution in [2.45, 2.75) is 32.2 Å². The molecule has 1 aliphatic rings. The maximum atomic E-state index is 2.50. The molecule has 1 nitrogen and oxygen atoms in total. The predicted molar refractivity (Wildman–Crippen MR) is 60.6 cm³/mol. The van der Waals surface area contributed by atoms with Crippen molar-refractivity contribution in [1.29, 1.82) is 0 Å². The SMILES string of the molecule is CCCN(C)C1Cc2ccccc2C1. The van der Waals surface area contributed by atoms with Gasteiger partial charge in [-0.05, 0) is 44.0 Å². The summed E-state index contributed by atoms with van der Waals surface area (Å²) in [4.78, 5) is 2.50. The minimum atomic E-state index is 0.743. The lowest BCUT2D eigenvalue weighted by molar-refractivity contribution is 0.249. The van der Waals surface area contributed by atoms with Crippen LogP contribution in [0, 0.1) is 0 Å². The molecule has 1 aromatic rings. The van der Waals surface area contributed by atoms with Gasteiger partial charge in [0.05, 0.1) is 0 Å². The van der Waals surface area contributed by atoms with Gasteiger partial charge in [0.25, 0.3) is 0 Å². The number of rotatable bonds is 3. The zero-order chi connectivity index (χ0) is 9.97. The van der Waals surface area contributed by atoms with Gasteiger partial charge in [0, 0.05) is 6.04 Å². The van der Waals surface area contributed by atoms with Gasteiger partial charge in [0.2, 0.25) is 0 Å². The fourth-order valence-electron chi connectivity index (χ4n) is 2.38. The van der Waals surface area contributed by atoms with Gasteiger partial charge in [-0.25, -0.2) is 0 Å². The number of nitrogens with zero attached hydrogens (tertiary/aromatic N) is 1. The molecule has 0 aliphatic heterocycles. The van der Waals surface area contributed by atoms with Crippen molar-refractivity contribution in [2.24, 2.45) is 0 Å². The molecule has 0 aromatic heterocycles. The first kappa shape index (κ1) is 9.72. The fourth-order valence-corrected chi connectivity index (χ4v) is 2.38. The van der Waals surface area contributed by atoms with Crippen LogP contribution in [0.1, 0.15) is 24.5 Å². The zero-order valence-electron chi connectivity index (χ0n) is 9.16. The van der Waals surface area contributed by atoms with Crippen LogP contribution in [0.15, 0.2) is 24.3 Å². The minimum absolute atomic E-state index is 0.743. The highest BCUT2D eigenvalue weighted by Crippen LogP contribution is 2.24. The van der Waals surface area contributed by atoms with Gasteiger partial charge in [0.1, 0.15) is 0 Å². The van der Waals surface area contributed by atoms with Crippen molar-refractivity contribution >= 4 is 0 Å². The lowest BCUT2D eigenvalue weighted by Gasteiger charge is -2.23. The molecule has 0 spiro atoms. The second-order valence-corrected chi connectivity index (χ2v) is 4.31. The van der Waals surface area contributed by atoms with Crippen LogP contribution in [0.25, 0.3) is 0 Å². The minimum Gasteiger partial charge on any atom is -0.303 e. The molecule has 2 rings (SSSR count). The lowest BCUT2D eigenvalue weighted by Crippen LogP contribution is -2.32. The van der Waals surface area contributed by atoms with Crippen LogP contribution in [0.2, 0.25) is 0 Å². The van der Waals surface area contributed by atoms with Crippen LogP contribution >= 0.6 is 0 Å². The Bertz CT molecular complexity index is 281. The molecule has 0 radical (unpaired) electrons. The molecule has 0 atom stereocenters. The second-order valence-electron chi connectivity index (χ2n) is 4.31. The largest absolute Gasteiger partial charge is 0.303 e. The first-order valence-corrected chi connectivity index (χ1v) is 5.58. The molecule has 0 fully saturated rings. The van der Waals surface area contributed by atoms with E-state index < -0.39 is 0 Å². The van der Waals surface area contributed by atoms with Crippen molar-refractivity contribution in [3.8, 4) is 0 Å². The van der Waals surface area contributed by atoms with Gasteiger partial charge in [-0.3, -0.25) is 0 Å². The molecular formula is C13H19N. The summed E-state index contributed by atoms with van der Waals surface area (Å²) in [6.45, 7) is 3.47. The Hall–Kier alpha value is -0.820. The molecule has 0 N–H and O–H groups in total. The Labute approximate surface area is 86.7 Å². The number of benzene rings is 1. The topological polar surface area (TPSA) is 3.24 Å². The quantitative estimate of drug-likeness (QED) is 0.706. The first-order chi connectivity index (χ1) is 6.81. The van der Waals surface area contributed by atoms with E-state index in [0.29, 0.717) is 0 Å². The third-order valence-electron chi connectivity index (χ3n) is 3.23. The zero-order valence-corrected chi connectivity index (χ0v) is 9.16. The highest BCUT2D eigenvalue weighted by atomic mass is 15.1. The normalized spacial score (nSPS) is 16.2. The average Bonchev–Trinajstić information content (AvgIpc) is 2.61. The number of hydrogen-bond donors (Lipinski definition) is 0. The molecule has 1 aromatic carbocycles. The summed E-state index contributed by atoms with van der Waals surface area (Å²) in [7, 11) is 2.25. The molecular weight excluding hydrogens is 170 g/mol. The molecule has 14 heavy (non-hydrogen) atoms. The van der Waals surface area contributed by atoms with Gasteiger partial charge in [-0.2, -0.15) is 0 Å². The maximum absolute atomic E-state index is 2.50. The van der Waals surface area contributed by atoms with E-state index in [9.17, 15) is 0 Å². The van der Waals surface area contributed by atoms with Crippen molar-refractivity contribution in [3.63, 3.8) is 0 Å². The van der Waals surface area contributed by atoms with Gasteiger partial charge in [-0.1, -0.05) is 31.2 Å². The number of fused-ring (bicyclic) bond motifs is 1. The smallest absolute Gasteiger partial charge is 0.0173 e. The van der Waals surface area contributed by atoms with E-state index in [0.717, 1.165) is 6.04 Å². The molecule has 0 saturated carbocycles. The van der Waals surface area contributed by atoms with E-state index >= 15 is 0 Å². The highest BCUT2D eigenvalue weighted by molar-refractivity contribution is 5.33. The Balaban J connectivity index is 2.04. The van der Waals surface area contributed by atoms with E-state index in [2.05, 4.69) is 43.1 Å². The summed E-state index contributed by atoms with van der Waals surface area (Å²) in [5.74, 6) is 0. The first-order valence-electron chi connectivity index (χ1n) is 5.58. The average molecular weight is 189 g/mol. The fraction of sp³-hybridized carbons (Fsp3) is 0.538. The lowest BCUT2D eigenvalue weighted by atomic mass is 10.1. The summed E-state index contributed by atoms with van der Waals surface area (Å²) in [6, 6.07) is 9.60. The predicted octanol–water partition coefficient (Wildman–Crippen LogP) is 2.50. The van der Waals surface area contributed by atoms with Crippen LogP contribution in [0.3, 0.4) is 0 Å². The van der Waals surface area contributed by atoms with E-state index in [1.807, 2.05) is 0 Å². The van der Waals surface area contributed by atoms with Crippen molar-refractivity contribution < 1.29 is 0 Å². The summed E-state index contributed by atoms with van der Waals surface area (Å²) in [5.41, 5.74) is 3.11. The Morgan fingerprint density at radius 3 is 2.29 bits per heavy atom. The summed E-state index contributed by atoms with van der Waals surface area (Å²) in [5, 5.41) is 0. The van der Waals surface area contributed by atoms with Crippen molar-refractivity contribution in [2.75, 3.05) is 13.6 Å². The third kappa shape index (κ3) is 1.83. The molecule has 0 heterocycles. The van der Waals surface area contributed by atoms with Crippen molar-refractivity contribution in [3.05, 3.63) is 35.4 Å². The molecule has 0 saturated heterocycles. The molecule has 0 amide bonds. The van der Waals surface area contributed by atoms with E-state index in [1.165, 1.54) is 25.8 Å². The summed E-state index contributed by atoms with van der Waals surface area (Å²) >= 11 is 0. The van der Waals surface area contributed by atoms with E-state index in [-0.39, 0.29) is 0 Å². The van der Waals surface area contributed by atoms with Gasteiger partial charge >= 0.3 is 0 Å². The molecule has 0 unspecified atom stereocenters. The van der Waals surface area contributed by atoms with Crippen LogP contribution < -0.4 is 0 Å². The number of likely N-dealkylation sites (N-methyl/N-ethyl adjacent to an activating group) is 1. The number of hydrogen-bond acceptors (Lipinski definition) is 1. The third-order valence-corrected chi connectivity index (χ3v) is 3.23. The highest BCUT2D eigenvalue weighted by Gasteiger charge is 2.23. The Morgan fingerprint density at radius 1 is 1.21 bits per heavy atom. The van der Waals surface area contributed by atoms with E-state index in [4.69, 9.17) is 0 Å². The van der Waals surface area contributed by atoms with Crippen molar-refractivity contribution in [1.82, 2.24) is 4.90 Å². The molecule has 1 aliphatic carbocycles. The van der Waals surface area contributed by atoms with Crippen LogP contribution in [-0.2, 0) is 12.8 Å². The van der Waals surface area contributed by atoms with Crippen LogP contribution in [0.5, 0.6) is 0 Å².